The summed E-state index contributed by atoms with van der Waals surface area (Å²) in [5.74, 6) is -0.0322. The Morgan fingerprint density at radius 1 is 1.00 bits per heavy atom. The second-order valence-electron chi connectivity index (χ2n) is 10.6. The minimum absolute atomic E-state index is 0.0981. The van der Waals surface area contributed by atoms with Gasteiger partial charge in [0.15, 0.2) is 0 Å². The molecular formula is C32H38F3N5O. The molecule has 0 heterocycles. The number of anilines is 2. The molecule has 9 heteroatoms. The molecule has 3 aromatic rings. The minimum Gasteiger partial charge on any atom is -0.351 e. The summed E-state index contributed by atoms with van der Waals surface area (Å²) in [4.78, 5) is 13.4. The number of likely N-dealkylation sites (N-methyl/N-ethyl adjacent to an activating group) is 1. The molecule has 41 heavy (non-hydrogen) atoms. The highest BCUT2D eigenvalue weighted by Gasteiger charge is 2.38. The number of carbonyl (C=O) groups is 1. The van der Waals surface area contributed by atoms with E-state index in [9.17, 15) is 18.0 Å². The maximum atomic E-state index is 13.6. The third kappa shape index (κ3) is 8.42. The van der Waals surface area contributed by atoms with E-state index in [0.717, 1.165) is 34.9 Å². The van der Waals surface area contributed by atoms with Crippen molar-refractivity contribution in [3.05, 3.63) is 106 Å². The molecular weight excluding hydrogens is 527 g/mol. The van der Waals surface area contributed by atoms with E-state index in [1.165, 1.54) is 25.5 Å². The van der Waals surface area contributed by atoms with E-state index < -0.39 is 18.1 Å². The van der Waals surface area contributed by atoms with Crippen LogP contribution in [0.5, 0.6) is 0 Å². The molecule has 1 saturated carbocycles. The SMILES string of the molecule is CNC(/C=C(\Nc1cccc(CN)c1)C(=O)Nc1cccc(C(NCC2CC2)c2ccc(C)cc2C)c1)C(F)(F)F. The average molecular weight is 566 g/mol. The highest BCUT2D eigenvalue weighted by Crippen LogP contribution is 2.32. The second-order valence-corrected chi connectivity index (χ2v) is 10.6. The summed E-state index contributed by atoms with van der Waals surface area (Å²) >= 11 is 0. The summed E-state index contributed by atoms with van der Waals surface area (Å²) in [6.45, 7) is 5.28. The van der Waals surface area contributed by atoms with Crippen molar-refractivity contribution in [3.8, 4) is 0 Å². The lowest BCUT2D eigenvalue weighted by Gasteiger charge is -2.23. The first-order chi connectivity index (χ1) is 19.6. The van der Waals surface area contributed by atoms with Crippen LogP contribution in [0.25, 0.3) is 0 Å². The molecule has 4 rings (SSSR count). The van der Waals surface area contributed by atoms with Crippen molar-refractivity contribution in [2.24, 2.45) is 11.7 Å². The van der Waals surface area contributed by atoms with Crippen LogP contribution in [0.1, 0.15) is 46.7 Å². The van der Waals surface area contributed by atoms with Crippen LogP contribution >= 0.6 is 0 Å². The molecule has 1 fully saturated rings. The zero-order chi connectivity index (χ0) is 29.6. The molecule has 1 amide bonds. The Morgan fingerprint density at radius 2 is 1.71 bits per heavy atom. The van der Waals surface area contributed by atoms with Crippen LogP contribution in [0.15, 0.2) is 78.5 Å². The van der Waals surface area contributed by atoms with Gasteiger partial charge in [0.25, 0.3) is 5.91 Å². The summed E-state index contributed by atoms with van der Waals surface area (Å²) in [5.41, 5.74) is 11.6. The molecule has 0 saturated heterocycles. The van der Waals surface area contributed by atoms with Crippen molar-refractivity contribution < 1.29 is 18.0 Å². The molecule has 3 aromatic carbocycles. The van der Waals surface area contributed by atoms with Crippen LogP contribution < -0.4 is 27.0 Å². The van der Waals surface area contributed by atoms with Gasteiger partial charge >= 0.3 is 6.18 Å². The number of alkyl halides is 3. The Labute approximate surface area is 239 Å². The van der Waals surface area contributed by atoms with Crippen LogP contribution in [-0.2, 0) is 11.3 Å². The number of nitrogens with two attached hydrogens (primary N) is 1. The number of hydrogen-bond acceptors (Lipinski definition) is 5. The zero-order valence-corrected chi connectivity index (χ0v) is 23.6. The van der Waals surface area contributed by atoms with Crippen molar-refractivity contribution >= 4 is 17.3 Å². The largest absolute Gasteiger partial charge is 0.407 e. The van der Waals surface area contributed by atoms with Crippen molar-refractivity contribution in [2.45, 2.75) is 51.5 Å². The smallest absolute Gasteiger partial charge is 0.351 e. The number of hydrogen-bond donors (Lipinski definition) is 5. The molecule has 6 nitrogen and oxygen atoms in total. The van der Waals surface area contributed by atoms with Crippen molar-refractivity contribution in [2.75, 3.05) is 24.2 Å². The van der Waals surface area contributed by atoms with Gasteiger partial charge in [-0.15, -0.1) is 0 Å². The molecule has 1 aliphatic rings. The van der Waals surface area contributed by atoms with Gasteiger partial charge in [0.05, 0.1) is 6.04 Å². The summed E-state index contributed by atoms with van der Waals surface area (Å²) < 4.78 is 40.9. The van der Waals surface area contributed by atoms with Gasteiger partial charge < -0.3 is 27.0 Å². The lowest BCUT2D eigenvalue weighted by molar-refractivity contribution is -0.143. The number of rotatable bonds is 12. The molecule has 0 radical (unpaired) electrons. The van der Waals surface area contributed by atoms with Crippen molar-refractivity contribution in [3.63, 3.8) is 0 Å². The number of amides is 1. The van der Waals surface area contributed by atoms with Gasteiger partial charge in [-0.3, -0.25) is 4.79 Å². The number of carbonyl (C=O) groups excluding carboxylic acids is 1. The number of halogens is 3. The lowest BCUT2D eigenvalue weighted by atomic mass is 9.93. The lowest BCUT2D eigenvalue weighted by Crippen LogP contribution is -2.39. The maximum absolute atomic E-state index is 13.6. The van der Waals surface area contributed by atoms with Gasteiger partial charge in [0.1, 0.15) is 11.7 Å². The fourth-order valence-electron chi connectivity index (χ4n) is 4.77. The highest BCUT2D eigenvalue weighted by atomic mass is 19.4. The summed E-state index contributed by atoms with van der Waals surface area (Å²) in [6.07, 6.45) is -1.31. The molecule has 2 atom stereocenters. The maximum Gasteiger partial charge on any atom is 0.407 e. The van der Waals surface area contributed by atoms with Gasteiger partial charge in [0, 0.05) is 17.9 Å². The number of benzene rings is 3. The first-order valence-corrected chi connectivity index (χ1v) is 13.8. The average Bonchev–Trinajstić information content (AvgIpc) is 3.76. The monoisotopic (exact) mass is 565 g/mol. The molecule has 0 bridgehead atoms. The topological polar surface area (TPSA) is 91.2 Å². The third-order valence-electron chi connectivity index (χ3n) is 7.21. The first kappa shape index (κ1) is 30.3. The van der Waals surface area contributed by atoms with E-state index in [1.54, 1.807) is 30.3 Å². The fraction of sp³-hybridized carbons (Fsp3) is 0.344. The van der Waals surface area contributed by atoms with Crippen LogP contribution in [0, 0.1) is 19.8 Å². The second kappa shape index (κ2) is 13.3. The zero-order valence-electron chi connectivity index (χ0n) is 23.6. The standard InChI is InChI=1S/C32H38F3N5O/c1-20-10-13-27(21(2)14-20)30(38-19-22-11-12-22)24-7-5-9-26(16-24)40-31(41)28(17-29(37-3)32(33,34)35)39-25-8-4-6-23(15-25)18-36/h4-10,13-17,22,29-30,37-39H,11-12,18-19,36H2,1-3H3,(H,40,41)/b28-17-. The summed E-state index contributed by atoms with van der Waals surface area (Å²) in [5, 5.41) is 11.6. The van der Waals surface area contributed by atoms with Gasteiger partial charge in [-0.05, 0) is 98.8 Å². The Kier molecular flexibility index (Phi) is 9.86. The van der Waals surface area contributed by atoms with Crippen LogP contribution in [-0.4, -0.2) is 31.7 Å². The number of nitrogens with one attached hydrogen (secondary N) is 4. The van der Waals surface area contributed by atoms with E-state index in [4.69, 9.17) is 5.73 Å². The Balaban J connectivity index is 1.63. The Bertz CT molecular complexity index is 1380. The summed E-state index contributed by atoms with van der Waals surface area (Å²) in [7, 11) is 1.20. The van der Waals surface area contributed by atoms with Crippen molar-refractivity contribution in [1.82, 2.24) is 10.6 Å². The first-order valence-electron chi connectivity index (χ1n) is 13.8. The summed E-state index contributed by atoms with van der Waals surface area (Å²) in [6, 6.07) is 18.6. The third-order valence-corrected chi connectivity index (χ3v) is 7.21. The van der Waals surface area contributed by atoms with Gasteiger partial charge in [-0.25, -0.2) is 0 Å². The Morgan fingerprint density at radius 3 is 2.34 bits per heavy atom. The minimum atomic E-state index is -4.59. The quantitative estimate of drug-likeness (QED) is 0.176. The van der Waals surface area contributed by atoms with E-state index >= 15 is 0 Å². The van der Waals surface area contributed by atoms with Gasteiger partial charge in [0.2, 0.25) is 0 Å². The van der Waals surface area contributed by atoms with Gasteiger partial charge in [-0.1, -0.05) is 48.0 Å². The molecule has 0 aromatic heterocycles. The normalized spacial score (nSPS) is 15.3. The van der Waals surface area contributed by atoms with Gasteiger partial charge in [-0.2, -0.15) is 13.2 Å². The van der Waals surface area contributed by atoms with Crippen LogP contribution in [0.3, 0.4) is 0 Å². The predicted octanol–water partition coefficient (Wildman–Crippen LogP) is 5.94. The number of aryl methyl sites for hydroxylation is 2. The van der Waals surface area contributed by atoms with E-state index in [1.807, 2.05) is 18.2 Å². The van der Waals surface area contributed by atoms with Crippen molar-refractivity contribution in [1.29, 1.82) is 0 Å². The molecule has 2 unspecified atom stereocenters. The van der Waals surface area contributed by atoms with E-state index in [-0.39, 0.29) is 18.3 Å². The molecule has 218 valence electrons. The van der Waals surface area contributed by atoms with E-state index in [0.29, 0.717) is 17.3 Å². The van der Waals surface area contributed by atoms with E-state index in [2.05, 4.69) is 53.3 Å². The Hall–Kier alpha value is -3.66. The molecule has 1 aliphatic carbocycles. The van der Waals surface area contributed by atoms with Crippen LogP contribution in [0.4, 0.5) is 24.5 Å². The molecule has 0 spiro atoms. The molecule has 6 N–H and O–H groups in total. The predicted molar refractivity (Wildman–Crippen MR) is 158 cm³/mol. The molecule has 0 aliphatic heterocycles. The highest BCUT2D eigenvalue weighted by molar-refractivity contribution is 6.05. The fourth-order valence-corrected chi connectivity index (χ4v) is 4.77. The van der Waals surface area contributed by atoms with Crippen LogP contribution in [0.2, 0.25) is 0 Å².